The number of carbonyl (C=O) groups is 1. The molecular formula is C10H17N3O3. The number of nitrogens with zero attached hydrogens (tertiary/aromatic N) is 2. The van der Waals surface area contributed by atoms with Crippen molar-refractivity contribution < 1.29 is 14.3 Å². The van der Waals surface area contributed by atoms with Gasteiger partial charge in [-0.2, -0.15) is 5.10 Å². The highest BCUT2D eigenvalue weighted by molar-refractivity contribution is 5.90. The fraction of sp³-hybridized carbons (Fsp3) is 0.600. The fourth-order valence-corrected chi connectivity index (χ4v) is 1.39. The van der Waals surface area contributed by atoms with Gasteiger partial charge in [-0.25, -0.2) is 4.79 Å². The van der Waals surface area contributed by atoms with Gasteiger partial charge in [-0.1, -0.05) is 0 Å². The Balaban J connectivity index is 2.98. The molecule has 0 aliphatic carbocycles. The molecule has 0 aliphatic heterocycles. The highest BCUT2D eigenvalue weighted by Gasteiger charge is 2.20. The van der Waals surface area contributed by atoms with E-state index in [0.29, 0.717) is 31.0 Å². The summed E-state index contributed by atoms with van der Waals surface area (Å²) in [5.74, 6) is 0.0287. The van der Waals surface area contributed by atoms with E-state index >= 15 is 0 Å². The quantitative estimate of drug-likeness (QED) is 0.735. The topological polar surface area (TPSA) is 79.4 Å². The van der Waals surface area contributed by atoms with Crippen molar-refractivity contribution in [3.63, 3.8) is 0 Å². The molecule has 0 atom stereocenters. The molecule has 0 amide bonds. The van der Waals surface area contributed by atoms with Gasteiger partial charge in [-0.15, -0.1) is 0 Å². The lowest BCUT2D eigenvalue weighted by Gasteiger charge is -2.02. The Labute approximate surface area is 94.3 Å². The van der Waals surface area contributed by atoms with Gasteiger partial charge in [-0.05, 0) is 6.92 Å². The Morgan fingerprint density at radius 2 is 2.25 bits per heavy atom. The van der Waals surface area contributed by atoms with Gasteiger partial charge in [0, 0.05) is 26.1 Å². The van der Waals surface area contributed by atoms with Crippen molar-refractivity contribution in [3.8, 4) is 0 Å². The Kier molecular flexibility index (Phi) is 4.30. The summed E-state index contributed by atoms with van der Waals surface area (Å²) < 4.78 is 11.3. The molecule has 0 unspecified atom stereocenters. The van der Waals surface area contributed by atoms with E-state index in [9.17, 15) is 4.79 Å². The maximum atomic E-state index is 11.6. The number of carbonyl (C=O) groups excluding carboxylic acids is 1. The molecule has 0 saturated carbocycles. The van der Waals surface area contributed by atoms with E-state index in [2.05, 4.69) is 5.10 Å². The first-order valence-corrected chi connectivity index (χ1v) is 5.09. The molecule has 0 aliphatic rings. The highest BCUT2D eigenvalue weighted by atomic mass is 16.5. The minimum absolute atomic E-state index is 0.277. The Bertz CT molecular complexity index is 374. The fourth-order valence-electron chi connectivity index (χ4n) is 1.39. The van der Waals surface area contributed by atoms with Crippen LogP contribution in [0.3, 0.4) is 0 Å². The molecule has 0 bridgehead atoms. The molecule has 6 heteroatoms. The molecule has 0 fully saturated rings. The maximum Gasteiger partial charge on any atom is 0.359 e. The lowest BCUT2D eigenvalue weighted by atomic mass is 10.1. The van der Waals surface area contributed by atoms with E-state index in [-0.39, 0.29) is 5.69 Å². The number of ether oxygens (including phenoxy) is 2. The Hall–Kier alpha value is -1.56. The molecule has 16 heavy (non-hydrogen) atoms. The average Bonchev–Trinajstić information content (AvgIpc) is 2.54. The first-order chi connectivity index (χ1) is 7.61. The largest absolute Gasteiger partial charge is 0.461 e. The highest BCUT2D eigenvalue weighted by Crippen LogP contribution is 2.17. The lowest BCUT2D eigenvalue weighted by molar-refractivity contribution is 0.0517. The average molecular weight is 227 g/mol. The van der Waals surface area contributed by atoms with Gasteiger partial charge in [0.2, 0.25) is 0 Å². The number of nitrogen functional groups attached to an aromatic ring is 1. The van der Waals surface area contributed by atoms with Crippen LogP contribution in [0.5, 0.6) is 0 Å². The molecule has 0 spiro atoms. The third-order valence-electron chi connectivity index (χ3n) is 2.22. The molecule has 0 saturated heterocycles. The van der Waals surface area contributed by atoms with E-state index in [1.54, 1.807) is 21.1 Å². The second-order valence-corrected chi connectivity index (χ2v) is 3.30. The van der Waals surface area contributed by atoms with E-state index in [0.717, 1.165) is 0 Å². The van der Waals surface area contributed by atoms with Crippen molar-refractivity contribution in [2.75, 3.05) is 26.1 Å². The van der Waals surface area contributed by atoms with Crippen LogP contribution < -0.4 is 5.73 Å². The first kappa shape index (κ1) is 12.5. The summed E-state index contributed by atoms with van der Waals surface area (Å²) in [6.45, 7) is 2.56. The molecule has 1 aromatic rings. The van der Waals surface area contributed by atoms with Crippen LogP contribution in [0.25, 0.3) is 0 Å². The third-order valence-corrected chi connectivity index (χ3v) is 2.22. The third kappa shape index (κ3) is 2.52. The van der Waals surface area contributed by atoms with Crippen molar-refractivity contribution in [2.45, 2.75) is 13.3 Å². The molecule has 1 aromatic heterocycles. The van der Waals surface area contributed by atoms with Gasteiger partial charge < -0.3 is 15.2 Å². The Morgan fingerprint density at radius 3 is 2.81 bits per heavy atom. The van der Waals surface area contributed by atoms with Crippen LogP contribution in [0, 0.1) is 0 Å². The number of esters is 1. The van der Waals surface area contributed by atoms with Crippen LogP contribution in [0.1, 0.15) is 23.0 Å². The second-order valence-electron chi connectivity index (χ2n) is 3.30. The molecule has 1 rings (SSSR count). The van der Waals surface area contributed by atoms with Crippen molar-refractivity contribution in [2.24, 2.45) is 7.05 Å². The van der Waals surface area contributed by atoms with E-state index in [1.807, 2.05) is 0 Å². The van der Waals surface area contributed by atoms with Crippen LogP contribution >= 0.6 is 0 Å². The van der Waals surface area contributed by atoms with Crippen LogP contribution in [0.2, 0.25) is 0 Å². The van der Waals surface area contributed by atoms with Gasteiger partial charge in [-0.3, -0.25) is 4.68 Å². The number of nitrogens with two attached hydrogens (primary N) is 1. The zero-order chi connectivity index (χ0) is 12.1. The van der Waals surface area contributed by atoms with Crippen LogP contribution in [-0.2, 0) is 22.9 Å². The van der Waals surface area contributed by atoms with Crippen molar-refractivity contribution in [3.05, 3.63) is 11.3 Å². The number of hydrogen-bond acceptors (Lipinski definition) is 5. The zero-order valence-corrected chi connectivity index (χ0v) is 9.82. The standard InChI is InChI=1S/C10H17N3O3/c1-4-16-10(14)8-7(5-6-15-3)9(11)13(2)12-8/h4-6,11H2,1-3H3. The summed E-state index contributed by atoms with van der Waals surface area (Å²) in [5.41, 5.74) is 6.78. The lowest BCUT2D eigenvalue weighted by Crippen LogP contribution is -2.09. The van der Waals surface area contributed by atoms with E-state index < -0.39 is 5.97 Å². The van der Waals surface area contributed by atoms with Gasteiger partial charge in [0.1, 0.15) is 5.82 Å². The smallest absolute Gasteiger partial charge is 0.359 e. The summed E-state index contributed by atoms with van der Waals surface area (Å²) in [7, 11) is 3.28. The number of methoxy groups -OCH3 is 1. The minimum atomic E-state index is -0.444. The number of hydrogen-bond donors (Lipinski definition) is 1. The molecule has 1 heterocycles. The summed E-state index contributed by atoms with van der Waals surface area (Å²) >= 11 is 0. The predicted octanol–water partition coefficient (Wildman–Crippen LogP) is 0.368. The van der Waals surface area contributed by atoms with Gasteiger partial charge >= 0.3 is 5.97 Å². The van der Waals surface area contributed by atoms with Crippen LogP contribution in [0.15, 0.2) is 0 Å². The monoisotopic (exact) mass is 227 g/mol. The van der Waals surface area contributed by atoms with Gasteiger partial charge in [0.15, 0.2) is 5.69 Å². The van der Waals surface area contributed by atoms with Crippen molar-refractivity contribution >= 4 is 11.8 Å². The van der Waals surface area contributed by atoms with E-state index in [1.165, 1.54) is 4.68 Å². The molecule has 0 aromatic carbocycles. The minimum Gasteiger partial charge on any atom is -0.461 e. The predicted molar refractivity (Wildman–Crippen MR) is 59.2 cm³/mol. The molecule has 0 radical (unpaired) electrons. The van der Waals surface area contributed by atoms with Crippen molar-refractivity contribution in [1.82, 2.24) is 9.78 Å². The summed E-state index contributed by atoms with van der Waals surface area (Å²) in [4.78, 5) is 11.6. The van der Waals surface area contributed by atoms with Gasteiger partial charge in [0.25, 0.3) is 0 Å². The zero-order valence-electron chi connectivity index (χ0n) is 9.82. The van der Waals surface area contributed by atoms with Crippen LogP contribution in [0.4, 0.5) is 5.82 Å². The summed E-state index contributed by atoms with van der Waals surface area (Å²) in [5, 5.41) is 4.04. The van der Waals surface area contributed by atoms with Crippen molar-refractivity contribution in [1.29, 1.82) is 0 Å². The molecule has 2 N–H and O–H groups in total. The summed E-state index contributed by atoms with van der Waals surface area (Å²) in [6.07, 6.45) is 0.546. The summed E-state index contributed by atoms with van der Waals surface area (Å²) in [6, 6.07) is 0. The number of aryl methyl sites for hydroxylation is 1. The number of anilines is 1. The molecule has 6 nitrogen and oxygen atoms in total. The number of aromatic nitrogens is 2. The SMILES string of the molecule is CCOC(=O)c1nn(C)c(N)c1CCOC. The number of rotatable bonds is 5. The Morgan fingerprint density at radius 1 is 1.56 bits per heavy atom. The maximum absolute atomic E-state index is 11.6. The first-order valence-electron chi connectivity index (χ1n) is 5.09. The normalized spacial score (nSPS) is 10.4. The molecular weight excluding hydrogens is 210 g/mol. The second kappa shape index (κ2) is 5.50. The van der Waals surface area contributed by atoms with Gasteiger partial charge in [0.05, 0.1) is 13.2 Å². The van der Waals surface area contributed by atoms with Crippen LogP contribution in [-0.4, -0.2) is 36.1 Å². The van der Waals surface area contributed by atoms with E-state index in [4.69, 9.17) is 15.2 Å². The molecule has 90 valence electrons.